The number of nitrogens with two attached hydrogens (primary N) is 1. The molecule has 0 saturated carbocycles. The van der Waals surface area contributed by atoms with E-state index >= 15 is 0 Å². The summed E-state index contributed by atoms with van der Waals surface area (Å²) in [6, 6.07) is 9.42. The van der Waals surface area contributed by atoms with Crippen molar-refractivity contribution in [3.05, 3.63) is 35.9 Å². The molecule has 5 heteroatoms. The highest BCUT2D eigenvalue weighted by molar-refractivity contribution is 5.86. The van der Waals surface area contributed by atoms with Gasteiger partial charge in [-0.05, 0) is 26.0 Å². The van der Waals surface area contributed by atoms with Gasteiger partial charge in [0.15, 0.2) is 0 Å². The van der Waals surface area contributed by atoms with E-state index in [4.69, 9.17) is 10.5 Å². The summed E-state index contributed by atoms with van der Waals surface area (Å²) in [7, 11) is 3.73. The number of hydrogen-bond donors (Lipinski definition) is 2. The molecule has 21 heavy (non-hydrogen) atoms. The van der Waals surface area contributed by atoms with Crippen LogP contribution < -0.4 is 11.1 Å². The van der Waals surface area contributed by atoms with Gasteiger partial charge in [0.1, 0.15) is 5.54 Å². The quantitative estimate of drug-likeness (QED) is 0.665. The van der Waals surface area contributed by atoms with Gasteiger partial charge in [0, 0.05) is 33.4 Å². The van der Waals surface area contributed by atoms with Gasteiger partial charge in [0.2, 0.25) is 5.91 Å². The number of nitrogens with one attached hydrogen (secondary N) is 1. The molecule has 0 saturated heterocycles. The molecule has 1 rings (SSSR count). The van der Waals surface area contributed by atoms with Crippen molar-refractivity contribution >= 4 is 5.91 Å². The number of carbonyl (C=O) groups excluding carboxylic acids is 1. The van der Waals surface area contributed by atoms with Gasteiger partial charge in [-0.25, -0.2) is 0 Å². The molecule has 0 heterocycles. The highest BCUT2D eigenvalue weighted by Crippen LogP contribution is 2.17. The maximum Gasteiger partial charge on any atom is 0.244 e. The van der Waals surface area contributed by atoms with E-state index in [-0.39, 0.29) is 5.91 Å². The standard InChI is InChI=1S/C16H27N3O2/c1-16(17,14-8-5-4-6-9-14)15(20)18-10-12-19(2)11-7-13-21-3/h4-6,8-9H,7,10-13,17H2,1-3H3,(H,18,20). The smallest absolute Gasteiger partial charge is 0.244 e. The van der Waals surface area contributed by atoms with Crippen molar-refractivity contribution in [1.29, 1.82) is 0 Å². The van der Waals surface area contributed by atoms with E-state index in [1.807, 2.05) is 37.4 Å². The van der Waals surface area contributed by atoms with E-state index in [0.29, 0.717) is 6.54 Å². The van der Waals surface area contributed by atoms with E-state index in [1.54, 1.807) is 14.0 Å². The number of ether oxygens (including phenoxy) is 1. The van der Waals surface area contributed by atoms with Crippen LogP contribution in [0.1, 0.15) is 18.9 Å². The van der Waals surface area contributed by atoms with Crippen molar-refractivity contribution in [2.75, 3.05) is 40.4 Å². The minimum atomic E-state index is -1.00. The predicted octanol–water partition coefficient (Wildman–Crippen LogP) is 0.945. The molecule has 0 bridgehead atoms. The van der Waals surface area contributed by atoms with Crippen molar-refractivity contribution in [3.63, 3.8) is 0 Å². The van der Waals surface area contributed by atoms with Crippen LogP contribution in [0.15, 0.2) is 30.3 Å². The molecule has 5 nitrogen and oxygen atoms in total. The lowest BCUT2D eigenvalue weighted by Crippen LogP contribution is -2.50. The van der Waals surface area contributed by atoms with Gasteiger partial charge in [-0.15, -0.1) is 0 Å². The van der Waals surface area contributed by atoms with Crippen LogP contribution in [0.4, 0.5) is 0 Å². The third-order valence-corrected chi connectivity index (χ3v) is 3.51. The third-order valence-electron chi connectivity index (χ3n) is 3.51. The Labute approximate surface area is 127 Å². The van der Waals surface area contributed by atoms with Crippen LogP contribution in [0.25, 0.3) is 0 Å². The van der Waals surface area contributed by atoms with E-state index in [0.717, 1.165) is 31.7 Å². The number of nitrogens with zero attached hydrogens (tertiary/aromatic N) is 1. The first kappa shape index (κ1) is 17.6. The predicted molar refractivity (Wildman–Crippen MR) is 85.0 cm³/mol. The zero-order valence-corrected chi connectivity index (χ0v) is 13.3. The van der Waals surface area contributed by atoms with Gasteiger partial charge in [-0.2, -0.15) is 0 Å². The fraction of sp³-hybridized carbons (Fsp3) is 0.562. The largest absolute Gasteiger partial charge is 0.385 e. The van der Waals surface area contributed by atoms with Crippen LogP contribution in [-0.4, -0.2) is 51.2 Å². The summed E-state index contributed by atoms with van der Waals surface area (Å²) in [5.74, 6) is -0.154. The molecule has 0 radical (unpaired) electrons. The van der Waals surface area contributed by atoms with E-state index < -0.39 is 5.54 Å². The molecule has 1 amide bonds. The molecule has 0 spiro atoms. The third kappa shape index (κ3) is 5.83. The lowest BCUT2D eigenvalue weighted by atomic mass is 9.92. The second-order valence-corrected chi connectivity index (χ2v) is 5.47. The van der Waals surface area contributed by atoms with E-state index in [2.05, 4.69) is 10.2 Å². The summed E-state index contributed by atoms with van der Waals surface area (Å²) in [6.45, 7) is 4.82. The van der Waals surface area contributed by atoms with Crippen LogP contribution in [0, 0.1) is 0 Å². The lowest BCUT2D eigenvalue weighted by Gasteiger charge is -2.25. The lowest BCUT2D eigenvalue weighted by molar-refractivity contribution is -0.126. The first-order valence-corrected chi connectivity index (χ1v) is 7.28. The highest BCUT2D eigenvalue weighted by Gasteiger charge is 2.29. The van der Waals surface area contributed by atoms with Gasteiger partial charge in [0.05, 0.1) is 0 Å². The van der Waals surface area contributed by atoms with Crippen molar-refractivity contribution in [1.82, 2.24) is 10.2 Å². The maximum atomic E-state index is 12.2. The van der Waals surface area contributed by atoms with Crippen molar-refractivity contribution < 1.29 is 9.53 Å². The molecule has 3 N–H and O–H groups in total. The molecule has 0 aromatic heterocycles. The minimum Gasteiger partial charge on any atom is -0.385 e. The topological polar surface area (TPSA) is 67.6 Å². The van der Waals surface area contributed by atoms with Crippen LogP contribution in [0.5, 0.6) is 0 Å². The first-order chi connectivity index (χ1) is 9.98. The Morgan fingerprint density at radius 2 is 2.00 bits per heavy atom. The Morgan fingerprint density at radius 1 is 1.33 bits per heavy atom. The second kappa shape index (κ2) is 8.77. The number of benzene rings is 1. The molecule has 118 valence electrons. The average Bonchev–Trinajstić information content (AvgIpc) is 2.48. The van der Waals surface area contributed by atoms with Gasteiger partial charge in [-0.3, -0.25) is 4.79 Å². The molecular formula is C16H27N3O2. The number of hydrogen-bond acceptors (Lipinski definition) is 4. The SMILES string of the molecule is COCCCN(C)CCNC(=O)C(C)(N)c1ccccc1. The number of likely N-dealkylation sites (N-methyl/N-ethyl adjacent to an activating group) is 1. The minimum absolute atomic E-state index is 0.154. The zero-order chi connectivity index (χ0) is 15.7. The fourth-order valence-electron chi connectivity index (χ4n) is 2.05. The normalized spacial score (nSPS) is 14.0. The van der Waals surface area contributed by atoms with Crippen LogP contribution >= 0.6 is 0 Å². The van der Waals surface area contributed by atoms with Gasteiger partial charge < -0.3 is 20.7 Å². The molecular weight excluding hydrogens is 266 g/mol. The number of methoxy groups -OCH3 is 1. The molecule has 0 aliphatic carbocycles. The van der Waals surface area contributed by atoms with Crippen LogP contribution in [0.3, 0.4) is 0 Å². The molecule has 1 aromatic carbocycles. The summed E-state index contributed by atoms with van der Waals surface area (Å²) in [6.07, 6.45) is 0.986. The summed E-state index contributed by atoms with van der Waals surface area (Å²) < 4.78 is 5.02. The number of rotatable bonds is 9. The Bertz CT molecular complexity index is 421. The zero-order valence-electron chi connectivity index (χ0n) is 13.3. The molecule has 1 aromatic rings. The number of carbonyl (C=O) groups is 1. The maximum absolute atomic E-state index is 12.2. The number of amides is 1. The summed E-state index contributed by atoms with van der Waals surface area (Å²) in [4.78, 5) is 14.4. The van der Waals surface area contributed by atoms with Crippen molar-refractivity contribution in [2.45, 2.75) is 18.9 Å². The molecule has 1 atom stereocenters. The van der Waals surface area contributed by atoms with Gasteiger partial charge in [-0.1, -0.05) is 30.3 Å². The fourth-order valence-corrected chi connectivity index (χ4v) is 2.05. The Kier molecular flexibility index (Phi) is 7.36. The van der Waals surface area contributed by atoms with Crippen molar-refractivity contribution in [3.8, 4) is 0 Å². The first-order valence-electron chi connectivity index (χ1n) is 7.28. The Balaban J connectivity index is 2.36. The van der Waals surface area contributed by atoms with E-state index in [1.165, 1.54) is 0 Å². The molecule has 0 aliphatic rings. The molecule has 0 fully saturated rings. The summed E-state index contributed by atoms with van der Waals surface area (Å²) in [5, 5.41) is 2.91. The Hall–Kier alpha value is -1.43. The van der Waals surface area contributed by atoms with Gasteiger partial charge in [0.25, 0.3) is 0 Å². The van der Waals surface area contributed by atoms with Crippen LogP contribution in [0.2, 0.25) is 0 Å². The Morgan fingerprint density at radius 3 is 2.62 bits per heavy atom. The summed E-state index contributed by atoms with van der Waals surface area (Å²) >= 11 is 0. The molecule has 1 unspecified atom stereocenters. The van der Waals surface area contributed by atoms with Crippen LogP contribution in [-0.2, 0) is 15.1 Å². The second-order valence-electron chi connectivity index (χ2n) is 5.47. The van der Waals surface area contributed by atoms with E-state index in [9.17, 15) is 4.79 Å². The van der Waals surface area contributed by atoms with Crippen molar-refractivity contribution in [2.24, 2.45) is 5.73 Å². The molecule has 0 aliphatic heterocycles. The summed E-state index contributed by atoms with van der Waals surface area (Å²) in [5.41, 5.74) is 5.97. The average molecular weight is 293 g/mol. The highest BCUT2D eigenvalue weighted by atomic mass is 16.5. The monoisotopic (exact) mass is 293 g/mol. The van der Waals surface area contributed by atoms with Gasteiger partial charge >= 0.3 is 0 Å².